The molecule has 0 radical (unpaired) electrons. The summed E-state index contributed by atoms with van der Waals surface area (Å²) < 4.78 is 0. The first-order valence-corrected chi connectivity index (χ1v) is 6.92. The van der Waals surface area contributed by atoms with Crippen LogP contribution in [0.15, 0.2) is 59.8 Å². The zero-order valence-corrected chi connectivity index (χ0v) is 11.4. The Morgan fingerprint density at radius 3 is 2.50 bits per heavy atom. The van der Waals surface area contributed by atoms with Crippen LogP contribution >= 0.6 is 11.8 Å². The van der Waals surface area contributed by atoms with E-state index in [1.807, 2.05) is 18.2 Å². The van der Waals surface area contributed by atoms with Crippen molar-refractivity contribution in [1.29, 1.82) is 0 Å². The highest BCUT2D eigenvalue weighted by Crippen LogP contribution is 2.13. The van der Waals surface area contributed by atoms with E-state index in [1.165, 1.54) is 11.8 Å². The molecule has 1 heterocycles. The topological polar surface area (TPSA) is 71.1 Å². The summed E-state index contributed by atoms with van der Waals surface area (Å²) in [5.74, 6) is -0.228. The minimum Gasteiger partial charge on any atom is -0.308 e. The lowest BCUT2D eigenvalue weighted by Crippen LogP contribution is -2.35. The van der Waals surface area contributed by atoms with Gasteiger partial charge in [-0.25, -0.2) is 9.78 Å². The van der Waals surface area contributed by atoms with Crippen molar-refractivity contribution in [3.05, 3.63) is 54.7 Å². The van der Waals surface area contributed by atoms with Crippen LogP contribution in [-0.4, -0.2) is 22.7 Å². The Hall–Kier alpha value is -2.34. The molecule has 1 aromatic heterocycles. The van der Waals surface area contributed by atoms with Crippen molar-refractivity contribution in [1.82, 2.24) is 10.3 Å². The van der Waals surface area contributed by atoms with Gasteiger partial charge in [-0.2, -0.15) is 0 Å². The van der Waals surface area contributed by atoms with E-state index >= 15 is 0 Å². The molecule has 2 aromatic rings. The molecule has 0 unspecified atom stereocenters. The molecule has 0 saturated heterocycles. The minimum absolute atomic E-state index is 0.138. The number of benzene rings is 1. The molecule has 0 bridgehead atoms. The number of nitrogens with zero attached hydrogens (tertiary/aromatic N) is 1. The van der Waals surface area contributed by atoms with Gasteiger partial charge in [-0.3, -0.25) is 10.1 Å². The molecular formula is C14H13N3O2S. The molecule has 0 spiro atoms. The fourth-order valence-electron chi connectivity index (χ4n) is 1.42. The molecule has 3 amide bonds. The minimum atomic E-state index is -0.539. The van der Waals surface area contributed by atoms with Gasteiger partial charge in [0.15, 0.2) is 0 Å². The fourth-order valence-corrected chi connectivity index (χ4v) is 2.08. The molecule has 0 aliphatic rings. The van der Waals surface area contributed by atoms with E-state index in [4.69, 9.17) is 0 Å². The average Bonchev–Trinajstić information content (AvgIpc) is 2.47. The second-order valence-electron chi connectivity index (χ2n) is 3.82. The van der Waals surface area contributed by atoms with Crippen molar-refractivity contribution in [2.45, 2.75) is 5.03 Å². The first kappa shape index (κ1) is 14.1. The molecule has 0 atom stereocenters. The summed E-state index contributed by atoms with van der Waals surface area (Å²) in [6.45, 7) is 0. The molecule has 1 aromatic carbocycles. The number of imide groups is 1. The van der Waals surface area contributed by atoms with Gasteiger partial charge in [-0.1, -0.05) is 36.0 Å². The van der Waals surface area contributed by atoms with Crippen LogP contribution in [0.3, 0.4) is 0 Å². The number of aromatic nitrogens is 1. The molecule has 0 aliphatic carbocycles. The zero-order valence-electron chi connectivity index (χ0n) is 10.6. The van der Waals surface area contributed by atoms with E-state index in [0.717, 1.165) is 5.03 Å². The Kier molecular flexibility index (Phi) is 5.14. The summed E-state index contributed by atoms with van der Waals surface area (Å²) in [4.78, 5) is 27.2. The summed E-state index contributed by atoms with van der Waals surface area (Å²) >= 11 is 1.27. The Morgan fingerprint density at radius 1 is 1.05 bits per heavy atom. The lowest BCUT2D eigenvalue weighted by Gasteiger charge is -2.06. The van der Waals surface area contributed by atoms with Crippen molar-refractivity contribution in [2.75, 3.05) is 11.1 Å². The second kappa shape index (κ2) is 7.30. The first-order valence-electron chi connectivity index (χ1n) is 5.94. The quantitative estimate of drug-likeness (QED) is 0.848. The van der Waals surface area contributed by atoms with Gasteiger partial charge in [-0.05, 0) is 24.3 Å². The predicted molar refractivity (Wildman–Crippen MR) is 78.6 cm³/mol. The van der Waals surface area contributed by atoms with Crippen molar-refractivity contribution < 1.29 is 9.59 Å². The van der Waals surface area contributed by atoms with E-state index in [9.17, 15) is 9.59 Å². The van der Waals surface area contributed by atoms with Gasteiger partial charge in [-0.15, -0.1) is 0 Å². The van der Waals surface area contributed by atoms with E-state index < -0.39 is 6.03 Å². The maximum Gasteiger partial charge on any atom is 0.325 e. The Bertz CT molecular complexity index is 575. The summed E-state index contributed by atoms with van der Waals surface area (Å²) in [7, 11) is 0. The van der Waals surface area contributed by atoms with Gasteiger partial charge in [0, 0.05) is 11.9 Å². The Balaban J connectivity index is 1.75. The lowest BCUT2D eigenvalue weighted by molar-refractivity contribution is -0.117. The van der Waals surface area contributed by atoms with Crippen LogP contribution in [0.4, 0.5) is 10.5 Å². The number of carbonyl (C=O) groups excluding carboxylic acids is 2. The number of amides is 3. The third-order valence-corrected chi connectivity index (χ3v) is 3.22. The van der Waals surface area contributed by atoms with E-state index in [0.29, 0.717) is 5.69 Å². The number of rotatable bonds is 4. The number of urea groups is 1. The van der Waals surface area contributed by atoms with E-state index in [1.54, 1.807) is 36.5 Å². The smallest absolute Gasteiger partial charge is 0.308 e. The number of hydrogen-bond acceptors (Lipinski definition) is 4. The maximum atomic E-state index is 11.6. The monoisotopic (exact) mass is 287 g/mol. The molecule has 2 rings (SSSR count). The molecule has 102 valence electrons. The van der Waals surface area contributed by atoms with Crippen LogP contribution in [-0.2, 0) is 4.79 Å². The number of para-hydroxylation sites is 1. The van der Waals surface area contributed by atoms with Gasteiger partial charge >= 0.3 is 6.03 Å². The van der Waals surface area contributed by atoms with Gasteiger partial charge in [0.05, 0.1) is 10.8 Å². The SMILES string of the molecule is O=C(CSc1ccccn1)NC(=O)Nc1ccccc1. The molecule has 5 nitrogen and oxygen atoms in total. The van der Waals surface area contributed by atoms with Crippen molar-refractivity contribution in [2.24, 2.45) is 0 Å². The molecular weight excluding hydrogens is 274 g/mol. The fraction of sp³-hybridized carbons (Fsp3) is 0.0714. The largest absolute Gasteiger partial charge is 0.325 e. The molecule has 6 heteroatoms. The Morgan fingerprint density at radius 2 is 1.80 bits per heavy atom. The molecule has 20 heavy (non-hydrogen) atoms. The Labute approximate surface area is 120 Å². The normalized spacial score (nSPS) is 9.80. The predicted octanol–water partition coefficient (Wildman–Crippen LogP) is 2.52. The van der Waals surface area contributed by atoms with Crippen molar-refractivity contribution >= 4 is 29.4 Å². The first-order chi connectivity index (χ1) is 9.74. The van der Waals surface area contributed by atoms with Crippen molar-refractivity contribution in [3.63, 3.8) is 0 Å². The van der Waals surface area contributed by atoms with Crippen LogP contribution in [0.1, 0.15) is 0 Å². The van der Waals surface area contributed by atoms with Gasteiger partial charge in [0.25, 0.3) is 0 Å². The van der Waals surface area contributed by atoms with Crippen LogP contribution < -0.4 is 10.6 Å². The molecule has 0 aliphatic heterocycles. The van der Waals surface area contributed by atoms with Gasteiger partial charge in [0.2, 0.25) is 5.91 Å². The third-order valence-electron chi connectivity index (χ3n) is 2.27. The number of carbonyl (C=O) groups is 2. The van der Waals surface area contributed by atoms with Gasteiger partial charge in [0.1, 0.15) is 0 Å². The summed E-state index contributed by atoms with van der Waals surface area (Å²) in [6, 6.07) is 13.8. The highest BCUT2D eigenvalue weighted by Gasteiger charge is 2.08. The highest BCUT2D eigenvalue weighted by molar-refractivity contribution is 7.99. The van der Waals surface area contributed by atoms with Crippen molar-refractivity contribution in [3.8, 4) is 0 Å². The van der Waals surface area contributed by atoms with Crippen LogP contribution in [0.25, 0.3) is 0 Å². The number of pyridine rings is 1. The molecule has 0 saturated carbocycles. The second-order valence-corrected chi connectivity index (χ2v) is 4.82. The van der Waals surface area contributed by atoms with E-state index in [2.05, 4.69) is 15.6 Å². The maximum absolute atomic E-state index is 11.6. The number of nitrogens with one attached hydrogen (secondary N) is 2. The van der Waals surface area contributed by atoms with Crippen LogP contribution in [0, 0.1) is 0 Å². The third kappa shape index (κ3) is 4.74. The summed E-state index contributed by atoms with van der Waals surface area (Å²) in [6.07, 6.45) is 1.66. The molecule has 0 fully saturated rings. The standard InChI is InChI=1S/C14H13N3O2S/c18-12(10-20-13-8-4-5-9-15-13)17-14(19)16-11-6-2-1-3-7-11/h1-9H,10H2,(H2,16,17,18,19). The summed E-state index contributed by atoms with van der Waals surface area (Å²) in [5, 5.41) is 5.58. The zero-order chi connectivity index (χ0) is 14.2. The van der Waals surface area contributed by atoms with E-state index in [-0.39, 0.29) is 11.7 Å². The molecule has 2 N–H and O–H groups in total. The van der Waals surface area contributed by atoms with Crippen LogP contribution in [0.2, 0.25) is 0 Å². The summed E-state index contributed by atoms with van der Waals surface area (Å²) in [5.41, 5.74) is 0.634. The average molecular weight is 287 g/mol. The van der Waals surface area contributed by atoms with Gasteiger partial charge < -0.3 is 5.32 Å². The number of anilines is 1. The van der Waals surface area contributed by atoms with Crippen LogP contribution in [0.5, 0.6) is 0 Å². The number of thioether (sulfide) groups is 1. The highest BCUT2D eigenvalue weighted by atomic mass is 32.2. The number of hydrogen-bond donors (Lipinski definition) is 2. The lowest BCUT2D eigenvalue weighted by atomic mass is 10.3.